The fraction of sp³-hybridized carbons (Fsp3) is 0.316. The minimum atomic E-state index is -3.47. The number of ether oxygens (including phenoxy) is 2. The minimum absolute atomic E-state index is 0.138. The van der Waals surface area contributed by atoms with Crippen LogP contribution in [0.1, 0.15) is 5.56 Å². The van der Waals surface area contributed by atoms with Gasteiger partial charge in [0.25, 0.3) is 0 Å². The molecular formula is C19H24N2O5S. The Kier molecular flexibility index (Phi) is 7.06. The molecule has 0 saturated carbocycles. The van der Waals surface area contributed by atoms with E-state index in [9.17, 15) is 13.2 Å². The first-order chi connectivity index (χ1) is 12.8. The van der Waals surface area contributed by atoms with Gasteiger partial charge in [-0.25, -0.2) is 8.42 Å². The van der Waals surface area contributed by atoms with Gasteiger partial charge in [-0.05, 0) is 42.0 Å². The molecule has 0 heterocycles. The maximum Gasteiger partial charge on any atom is 0.232 e. The van der Waals surface area contributed by atoms with Gasteiger partial charge in [-0.15, -0.1) is 0 Å². The zero-order valence-electron chi connectivity index (χ0n) is 15.6. The lowest BCUT2D eigenvalue weighted by molar-refractivity contribution is -0.120. The molecule has 0 aromatic heterocycles. The highest BCUT2D eigenvalue weighted by Crippen LogP contribution is 2.21. The third kappa shape index (κ3) is 6.18. The molecule has 0 unspecified atom stereocenters. The van der Waals surface area contributed by atoms with E-state index in [0.29, 0.717) is 11.4 Å². The van der Waals surface area contributed by atoms with E-state index < -0.39 is 10.0 Å². The summed E-state index contributed by atoms with van der Waals surface area (Å²) in [5.41, 5.74) is 1.37. The molecule has 0 fully saturated rings. The van der Waals surface area contributed by atoms with Gasteiger partial charge >= 0.3 is 0 Å². The molecule has 7 nitrogen and oxygen atoms in total. The molecule has 2 rings (SSSR count). The molecule has 8 heteroatoms. The number of sulfonamides is 1. The van der Waals surface area contributed by atoms with Gasteiger partial charge in [0.15, 0.2) is 0 Å². The third-order valence-corrected chi connectivity index (χ3v) is 5.12. The molecule has 0 spiro atoms. The number of rotatable bonds is 9. The Morgan fingerprint density at radius 2 is 1.48 bits per heavy atom. The monoisotopic (exact) mass is 392 g/mol. The lowest BCUT2D eigenvalue weighted by atomic mass is 10.1. The number of hydrogen-bond donors (Lipinski definition) is 1. The first kappa shape index (κ1) is 20.6. The van der Waals surface area contributed by atoms with Crippen LogP contribution in [-0.4, -0.2) is 47.9 Å². The van der Waals surface area contributed by atoms with Crippen molar-refractivity contribution in [2.24, 2.45) is 0 Å². The molecular weight excluding hydrogens is 368 g/mol. The smallest absolute Gasteiger partial charge is 0.232 e. The van der Waals surface area contributed by atoms with E-state index in [2.05, 4.69) is 5.32 Å². The molecule has 0 saturated heterocycles. The second-order valence-electron chi connectivity index (χ2n) is 5.91. The van der Waals surface area contributed by atoms with Crippen molar-refractivity contribution in [3.8, 4) is 11.5 Å². The molecule has 0 aliphatic carbocycles. The van der Waals surface area contributed by atoms with Gasteiger partial charge in [0.1, 0.15) is 11.5 Å². The van der Waals surface area contributed by atoms with Crippen LogP contribution < -0.4 is 19.1 Å². The lowest BCUT2D eigenvalue weighted by Gasteiger charge is -2.22. The number of hydrogen-bond acceptors (Lipinski definition) is 5. The fourth-order valence-corrected chi connectivity index (χ4v) is 3.45. The summed E-state index contributed by atoms with van der Waals surface area (Å²) in [5, 5.41) is 2.75. The van der Waals surface area contributed by atoms with Gasteiger partial charge in [0.05, 0.1) is 39.1 Å². The number of nitrogens with one attached hydrogen (secondary N) is 1. The predicted octanol–water partition coefficient (Wildman–Crippen LogP) is 1.83. The van der Waals surface area contributed by atoms with Crippen LogP contribution >= 0.6 is 0 Å². The second kappa shape index (κ2) is 9.27. The number of nitrogens with zero attached hydrogens (tertiary/aromatic N) is 1. The Labute approximate surface area is 160 Å². The number of benzene rings is 2. The van der Waals surface area contributed by atoms with E-state index in [1.807, 2.05) is 12.1 Å². The number of carbonyl (C=O) groups excluding carboxylic acids is 1. The molecule has 0 aliphatic rings. The van der Waals surface area contributed by atoms with Crippen molar-refractivity contribution < 1.29 is 22.7 Å². The van der Waals surface area contributed by atoms with Crippen LogP contribution in [0, 0.1) is 0 Å². The lowest BCUT2D eigenvalue weighted by Crippen LogP contribution is -2.38. The highest BCUT2D eigenvalue weighted by Gasteiger charge is 2.17. The Morgan fingerprint density at radius 3 is 1.96 bits per heavy atom. The van der Waals surface area contributed by atoms with Gasteiger partial charge in [-0.1, -0.05) is 12.1 Å². The molecule has 0 bridgehead atoms. The minimum Gasteiger partial charge on any atom is -0.497 e. The maximum absolute atomic E-state index is 12.1. The molecule has 0 aliphatic heterocycles. The Hall–Kier alpha value is -2.74. The van der Waals surface area contributed by atoms with E-state index in [0.717, 1.165) is 17.6 Å². The normalized spacial score (nSPS) is 10.9. The number of carbonyl (C=O) groups is 1. The molecule has 0 atom stereocenters. The van der Waals surface area contributed by atoms with E-state index >= 15 is 0 Å². The summed E-state index contributed by atoms with van der Waals surface area (Å²) in [6.07, 6.45) is 1.35. The second-order valence-corrected chi connectivity index (χ2v) is 7.81. The number of methoxy groups -OCH3 is 2. The molecule has 27 heavy (non-hydrogen) atoms. The van der Waals surface area contributed by atoms with Crippen molar-refractivity contribution in [2.45, 2.75) is 6.42 Å². The van der Waals surface area contributed by atoms with E-state index in [1.165, 1.54) is 4.31 Å². The summed E-state index contributed by atoms with van der Waals surface area (Å²) in [6, 6.07) is 13.9. The molecule has 1 amide bonds. The van der Waals surface area contributed by atoms with Crippen LogP contribution in [0.3, 0.4) is 0 Å². The molecule has 0 radical (unpaired) electrons. The molecule has 1 N–H and O–H groups in total. The average molecular weight is 392 g/mol. The fourth-order valence-electron chi connectivity index (χ4n) is 2.52. The first-order valence-corrected chi connectivity index (χ1v) is 10.2. The number of amides is 1. The van der Waals surface area contributed by atoms with E-state index in [-0.39, 0.29) is 25.4 Å². The van der Waals surface area contributed by atoms with Crippen molar-refractivity contribution in [3.63, 3.8) is 0 Å². The summed E-state index contributed by atoms with van der Waals surface area (Å²) < 4.78 is 35.6. The highest BCUT2D eigenvalue weighted by atomic mass is 32.2. The third-order valence-electron chi connectivity index (χ3n) is 3.92. The van der Waals surface area contributed by atoms with Crippen molar-refractivity contribution in [1.29, 1.82) is 0 Å². The molecule has 2 aromatic carbocycles. The number of anilines is 1. The molecule has 146 valence electrons. The van der Waals surface area contributed by atoms with E-state index in [4.69, 9.17) is 9.47 Å². The zero-order valence-corrected chi connectivity index (χ0v) is 16.5. The summed E-state index contributed by atoms with van der Waals surface area (Å²) >= 11 is 0. The SMILES string of the molecule is COc1ccc(CC(=O)NCCN(c2ccc(OC)cc2)S(C)(=O)=O)cc1. The Morgan fingerprint density at radius 1 is 0.963 bits per heavy atom. The highest BCUT2D eigenvalue weighted by molar-refractivity contribution is 7.92. The van der Waals surface area contributed by atoms with Gasteiger partial charge in [-0.2, -0.15) is 0 Å². The quantitative estimate of drug-likeness (QED) is 0.704. The van der Waals surface area contributed by atoms with Crippen molar-refractivity contribution in [2.75, 3.05) is 37.9 Å². The van der Waals surface area contributed by atoms with Crippen molar-refractivity contribution in [3.05, 3.63) is 54.1 Å². The Bertz CT molecular complexity index is 849. The largest absolute Gasteiger partial charge is 0.497 e. The zero-order chi connectivity index (χ0) is 19.9. The average Bonchev–Trinajstić information content (AvgIpc) is 2.65. The van der Waals surface area contributed by atoms with Gasteiger partial charge < -0.3 is 14.8 Å². The van der Waals surface area contributed by atoms with Crippen molar-refractivity contribution >= 4 is 21.6 Å². The molecule has 2 aromatic rings. The van der Waals surface area contributed by atoms with Crippen LogP contribution in [0.4, 0.5) is 5.69 Å². The van der Waals surface area contributed by atoms with Crippen molar-refractivity contribution in [1.82, 2.24) is 5.32 Å². The first-order valence-electron chi connectivity index (χ1n) is 8.35. The Balaban J connectivity index is 1.93. The van der Waals surface area contributed by atoms with Crippen LogP contribution in [0.25, 0.3) is 0 Å². The summed E-state index contributed by atoms with van der Waals surface area (Å²) in [5.74, 6) is 1.19. The summed E-state index contributed by atoms with van der Waals surface area (Å²) in [7, 11) is -0.350. The topological polar surface area (TPSA) is 84.9 Å². The summed E-state index contributed by atoms with van der Waals surface area (Å²) in [6.45, 7) is 0.341. The van der Waals surface area contributed by atoms with Gasteiger partial charge in [-0.3, -0.25) is 9.10 Å². The maximum atomic E-state index is 12.1. The standard InChI is InChI=1S/C19H24N2O5S/c1-25-17-8-4-15(5-9-17)14-19(22)20-12-13-21(27(3,23)24)16-6-10-18(26-2)11-7-16/h4-11H,12-14H2,1-3H3,(H,20,22). The van der Waals surface area contributed by atoms with Gasteiger partial charge in [0.2, 0.25) is 15.9 Å². The predicted molar refractivity (Wildman–Crippen MR) is 105 cm³/mol. The van der Waals surface area contributed by atoms with Crippen LogP contribution in [0.5, 0.6) is 11.5 Å². The van der Waals surface area contributed by atoms with Crippen LogP contribution in [-0.2, 0) is 21.2 Å². The van der Waals surface area contributed by atoms with E-state index in [1.54, 1.807) is 50.6 Å². The summed E-state index contributed by atoms with van der Waals surface area (Å²) in [4.78, 5) is 12.1. The van der Waals surface area contributed by atoms with Crippen LogP contribution in [0.15, 0.2) is 48.5 Å². The van der Waals surface area contributed by atoms with Gasteiger partial charge in [0, 0.05) is 6.54 Å². The van der Waals surface area contributed by atoms with Crippen LogP contribution in [0.2, 0.25) is 0 Å².